The van der Waals surface area contributed by atoms with Gasteiger partial charge in [-0.3, -0.25) is 4.79 Å². The van der Waals surface area contributed by atoms with Crippen LogP contribution in [-0.2, 0) is 11.2 Å². The van der Waals surface area contributed by atoms with Gasteiger partial charge >= 0.3 is 0 Å². The summed E-state index contributed by atoms with van der Waals surface area (Å²) in [4.78, 5) is 12.1. The summed E-state index contributed by atoms with van der Waals surface area (Å²) in [6, 6.07) is 4.52. The van der Waals surface area contributed by atoms with E-state index in [1.54, 1.807) is 12.1 Å². The van der Waals surface area contributed by atoms with Crippen LogP contribution in [-0.4, -0.2) is 16.5 Å². The van der Waals surface area contributed by atoms with Crippen LogP contribution in [0.1, 0.15) is 37.7 Å². The molecular weight excluding hydrogens is 299 g/mol. The van der Waals surface area contributed by atoms with E-state index < -0.39 is 5.60 Å². The Morgan fingerprint density at radius 1 is 1.33 bits per heavy atom. The van der Waals surface area contributed by atoms with Gasteiger partial charge in [0, 0.05) is 6.42 Å². The largest absolute Gasteiger partial charge is 0.382 e. The topological polar surface area (TPSA) is 37.3 Å². The van der Waals surface area contributed by atoms with E-state index in [-0.39, 0.29) is 18.0 Å². The van der Waals surface area contributed by atoms with Gasteiger partial charge < -0.3 is 5.11 Å². The van der Waals surface area contributed by atoms with Crippen LogP contribution >= 0.6 is 15.9 Å². The van der Waals surface area contributed by atoms with Crippen molar-refractivity contribution >= 4 is 21.7 Å². The number of aliphatic hydroxyl groups is 1. The molecule has 2 nitrogen and oxygen atoms in total. The molecule has 18 heavy (non-hydrogen) atoms. The highest BCUT2D eigenvalue weighted by Crippen LogP contribution is 2.30. The van der Waals surface area contributed by atoms with E-state index in [0.29, 0.717) is 17.3 Å². The van der Waals surface area contributed by atoms with Gasteiger partial charge in [-0.05, 0) is 46.5 Å². The standard InChI is InChI=1S/C14H16BrFO2/c15-11-8-10(4-5-12(11)16)9-13(17)14(18)6-2-1-3-7-14/h4-5,8,18H,1-3,6-7,9H2. The van der Waals surface area contributed by atoms with Gasteiger partial charge in [0.1, 0.15) is 11.4 Å². The molecular formula is C14H16BrFO2. The normalized spacial score (nSPS) is 18.6. The second-order valence-electron chi connectivity index (χ2n) is 4.94. The van der Waals surface area contributed by atoms with Crippen molar-refractivity contribution in [3.05, 3.63) is 34.1 Å². The van der Waals surface area contributed by atoms with Crippen molar-refractivity contribution in [1.29, 1.82) is 0 Å². The second-order valence-corrected chi connectivity index (χ2v) is 5.79. The van der Waals surface area contributed by atoms with Gasteiger partial charge in [0.2, 0.25) is 0 Å². The molecule has 1 saturated carbocycles. The average Bonchev–Trinajstić information content (AvgIpc) is 2.35. The third-order valence-corrected chi connectivity index (χ3v) is 4.16. The first-order valence-electron chi connectivity index (χ1n) is 6.21. The van der Waals surface area contributed by atoms with Gasteiger partial charge in [0.15, 0.2) is 5.78 Å². The molecule has 0 saturated heterocycles. The Kier molecular flexibility index (Phi) is 4.17. The predicted octanol–water partition coefficient (Wildman–Crippen LogP) is 3.40. The number of hydrogen-bond donors (Lipinski definition) is 1. The van der Waals surface area contributed by atoms with E-state index in [2.05, 4.69) is 15.9 Å². The SMILES string of the molecule is O=C(Cc1ccc(F)c(Br)c1)C1(O)CCCCC1. The third-order valence-electron chi connectivity index (χ3n) is 3.55. The summed E-state index contributed by atoms with van der Waals surface area (Å²) in [5.41, 5.74) is -0.439. The van der Waals surface area contributed by atoms with Crippen LogP contribution in [0.5, 0.6) is 0 Å². The van der Waals surface area contributed by atoms with Crippen LogP contribution in [0.4, 0.5) is 4.39 Å². The van der Waals surface area contributed by atoms with E-state index in [0.717, 1.165) is 24.8 Å². The molecule has 0 unspecified atom stereocenters. The lowest BCUT2D eigenvalue weighted by Gasteiger charge is -2.30. The first-order valence-corrected chi connectivity index (χ1v) is 7.00. The lowest BCUT2D eigenvalue weighted by molar-refractivity contribution is -0.139. The van der Waals surface area contributed by atoms with Gasteiger partial charge in [0.05, 0.1) is 4.47 Å². The number of benzene rings is 1. The first kappa shape index (κ1) is 13.7. The monoisotopic (exact) mass is 314 g/mol. The molecule has 0 heterocycles. The molecule has 0 spiro atoms. The molecule has 2 rings (SSSR count). The Morgan fingerprint density at radius 2 is 2.00 bits per heavy atom. The van der Waals surface area contributed by atoms with Crippen molar-refractivity contribution in [2.75, 3.05) is 0 Å². The summed E-state index contributed by atoms with van der Waals surface area (Å²) < 4.78 is 13.4. The highest BCUT2D eigenvalue weighted by molar-refractivity contribution is 9.10. The summed E-state index contributed by atoms with van der Waals surface area (Å²) in [7, 11) is 0. The number of carbonyl (C=O) groups is 1. The van der Waals surface area contributed by atoms with Crippen molar-refractivity contribution in [3.8, 4) is 0 Å². The van der Waals surface area contributed by atoms with Crippen molar-refractivity contribution in [2.24, 2.45) is 0 Å². The van der Waals surface area contributed by atoms with E-state index in [9.17, 15) is 14.3 Å². The molecule has 1 aromatic rings. The average molecular weight is 315 g/mol. The first-order chi connectivity index (χ1) is 8.51. The molecule has 1 aromatic carbocycles. The van der Waals surface area contributed by atoms with Crippen LogP contribution in [0.2, 0.25) is 0 Å². The summed E-state index contributed by atoms with van der Waals surface area (Å²) >= 11 is 3.10. The molecule has 0 amide bonds. The van der Waals surface area contributed by atoms with Crippen molar-refractivity contribution in [2.45, 2.75) is 44.1 Å². The highest BCUT2D eigenvalue weighted by Gasteiger charge is 2.36. The maximum atomic E-state index is 13.1. The van der Waals surface area contributed by atoms with E-state index in [1.807, 2.05) is 0 Å². The summed E-state index contributed by atoms with van der Waals surface area (Å²) in [6.07, 6.45) is 4.14. The Bertz CT molecular complexity index is 453. The number of halogens is 2. The molecule has 4 heteroatoms. The summed E-state index contributed by atoms with van der Waals surface area (Å²) in [6.45, 7) is 0. The van der Waals surface area contributed by atoms with Gasteiger partial charge in [0.25, 0.3) is 0 Å². The molecule has 98 valence electrons. The number of rotatable bonds is 3. The van der Waals surface area contributed by atoms with Crippen LogP contribution < -0.4 is 0 Å². The van der Waals surface area contributed by atoms with Gasteiger partial charge in [-0.25, -0.2) is 4.39 Å². The van der Waals surface area contributed by atoms with E-state index in [1.165, 1.54) is 6.07 Å². The van der Waals surface area contributed by atoms with Crippen LogP contribution in [0.15, 0.2) is 22.7 Å². The minimum atomic E-state index is -1.17. The fraction of sp³-hybridized carbons (Fsp3) is 0.500. The Balaban J connectivity index is 2.08. The highest BCUT2D eigenvalue weighted by atomic mass is 79.9. The lowest BCUT2D eigenvalue weighted by Crippen LogP contribution is -2.41. The molecule has 0 aromatic heterocycles. The van der Waals surface area contributed by atoms with Crippen molar-refractivity contribution in [1.82, 2.24) is 0 Å². The number of carbonyl (C=O) groups excluding carboxylic acids is 1. The van der Waals surface area contributed by atoms with E-state index >= 15 is 0 Å². The minimum absolute atomic E-state index is 0.152. The van der Waals surface area contributed by atoms with Gasteiger partial charge in [-0.15, -0.1) is 0 Å². The zero-order valence-electron chi connectivity index (χ0n) is 10.1. The predicted molar refractivity (Wildman–Crippen MR) is 70.8 cm³/mol. The second kappa shape index (κ2) is 5.49. The Morgan fingerprint density at radius 3 is 2.61 bits per heavy atom. The number of hydrogen-bond acceptors (Lipinski definition) is 2. The third kappa shape index (κ3) is 2.98. The fourth-order valence-electron chi connectivity index (χ4n) is 2.42. The number of Topliss-reactive ketones (excluding diaryl/α,β-unsaturated/α-hetero) is 1. The van der Waals surface area contributed by atoms with Crippen LogP contribution in [0.3, 0.4) is 0 Å². The summed E-state index contributed by atoms with van der Waals surface area (Å²) in [5.74, 6) is -0.497. The molecule has 0 radical (unpaired) electrons. The van der Waals surface area contributed by atoms with Crippen LogP contribution in [0.25, 0.3) is 0 Å². The minimum Gasteiger partial charge on any atom is -0.382 e. The maximum Gasteiger partial charge on any atom is 0.168 e. The fourth-order valence-corrected chi connectivity index (χ4v) is 2.84. The van der Waals surface area contributed by atoms with Crippen LogP contribution in [0, 0.1) is 5.82 Å². The molecule has 0 aliphatic heterocycles. The van der Waals surface area contributed by atoms with E-state index in [4.69, 9.17) is 0 Å². The summed E-state index contributed by atoms with van der Waals surface area (Å²) in [5, 5.41) is 10.3. The molecule has 1 aliphatic carbocycles. The molecule has 0 atom stereocenters. The molecule has 1 N–H and O–H groups in total. The maximum absolute atomic E-state index is 13.1. The zero-order valence-corrected chi connectivity index (χ0v) is 11.7. The van der Waals surface area contributed by atoms with Gasteiger partial charge in [-0.1, -0.05) is 25.3 Å². The molecule has 1 fully saturated rings. The van der Waals surface area contributed by atoms with Gasteiger partial charge in [-0.2, -0.15) is 0 Å². The quantitative estimate of drug-likeness (QED) is 0.928. The lowest BCUT2D eigenvalue weighted by atomic mass is 9.80. The number of ketones is 1. The Labute approximate surface area is 114 Å². The smallest absolute Gasteiger partial charge is 0.168 e. The van der Waals surface area contributed by atoms with Crippen molar-refractivity contribution < 1.29 is 14.3 Å². The zero-order chi connectivity index (χ0) is 13.2. The molecule has 1 aliphatic rings. The molecule has 0 bridgehead atoms. The van der Waals surface area contributed by atoms with Crippen molar-refractivity contribution in [3.63, 3.8) is 0 Å². The Hall–Kier alpha value is -0.740.